The third kappa shape index (κ3) is 7.16. The number of aromatic nitrogens is 1. The van der Waals surface area contributed by atoms with Crippen LogP contribution in [0.1, 0.15) is 18.1 Å². The molecule has 11 nitrogen and oxygen atoms in total. The van der Waals surface area contributed by atoms with E-state index in [1.165, 1.54) is 24.3 Å². The van der Waals surface area contributed by atoms with Gasteiger partial charge < -0.3 is 15.4 Å². The first kappa shape index (κ1) is 31.3. The number of hydrogen-bond donors (Lipinski definition) is 4. The van der Waals surface area contributed by atoms with Crippen molar-refractivity contribution in [3.63, 3.8) is 0 Å². The van der Waals surface area contributed by atoms with Gasteiger partial charge >= 0.3 is 0 Å². The number of nitrogens with zero attached hydrogens (tertiary/aromatic N) is 2. The largest absolute Gasteiger partial charge is 0.494 e. The molecular formula is C32H31N5O6S2. The standard InChI is InChI=1S/C32H31N5O6S2/c1-3-33-29(38)21-37(44(2,40)41)25-16-14-23(15-17-25)34-31(22-10-6-4-7-11-22)30-27-20-26(18-19-28(27)35-32(30)39)45(42,43)36-24-12-8-5-9-13-24/h4-20,35-36,39H,3,21H2,1-2H3,(H,33,38). The molecule has 0 bridgehead atoms. The van der Waals surface area contributed by atoms with Crippen LogP contribution in [0.5, 0.6) is 5.88 Å². The Labute approximate surface area is 261 Å². The lowest BCUT2D eigenvalue weighted by Crippen LogP contribution is -2.40. The van der Waals surface area contributed by atoms with Gasteiger partial charge in [0.15, 0.2) is 5.88 Å². The van der Waals surface area contributed by atoms with E-state index in [9.17, 15) is 26.7 Å². The summed E-state index contributed by atoms with van der Waals surface area (Å²) in [5, 5.41) is 14.1. The third-order valence-electron chi connectivity index (χ3n) is 6.81. The zero-order valence-electron chi connectivity index (χ0n) is 24.4. The Bertz CT molecular complexity index is 2080. The highest BCUT2D eigenvalue weighted by Crippen LogP contribution is 2.34. The van der Waals surface area contributed by atoms with Crippen LogP contribution in [0, 0.1) is 0 Å². The lowest BCUT2D eigenvalue weighted by molar-refractivity contribution is -0.119. The van der Waals surface area contributed by atoms with Crippen LogP contribution < -0.4 is 14.3 Å². The Hall–Kier alpha value is -5.14. The van der Waals surface area contributed by atoms with Gasteiger partial charge in [-0.3, -0.25) is 13.8 Å². The number of fused-ring (bicyclic) bond motifs is 1. The molecule has 0 aliphatic carbocycles. The minimum atomic E-state index is -3.97. The Morgan fingerprint density at radius 2 is 1.53 bits per heavy atom. The van der Waals surface area contributed by atoms with Crippen molar-refractivity contribution in [1.29, 1.82) is 0 Å². The number of H-pyrrole nitrogens is 1. The number of carbonyl (C=O) groups is 1. The first-order valence-corrected chi connectivity index (χ1v) is 17.2. The van der Waals surface area contributed by atoms with Gasteiger partial charge in [0.2, 0.25) is 15.9 Å². The summed E-state index contributed by atoms with van der Waals surface area (Å²) in [6.07, 6.45) is 1.02. The van der Waals surface area contributed by atoms with E-state index in [-0.39, 0.29) is 28.6 Å². The number of sulfonamides is 2. The Morgan fingerprint density at radius 1 is 0.889 bits per heavy atom. The molecule has 4 N–H and O–H groups in total. The van der Waals surface area contributed by atoms with Gasteiger partial charge in [0.05, 0.1) is 33.8 Å². The molecule has 0 saturated carbocycles. The minimum absolute atomic E-state index is 0.0103. The highest BCUT2D eigenvalue weighted by molar-refractivity contribution is 7.92. The van der Waals surface area contributed by atoms with Crippen LogP contribution in [0.25, 0.3) is 10.9 Å². The summed E-state index contributed by atoms with van der Waals surface area (Å²) < 4.78 is 55.1. The van der Waals surface area contributed by atoms with Crippen molar-refractivity contribution in [3.05, 3.63) is 114 Å². The van der Waals surface area contributed by atoms with Crippen LogP contribution in [-0.2, 0) is 24.8 Å². The van der Waals surface area contributed by atoms with Crippen molar-refractivity contribution in [2.24, 2.45) is 4.99 Å². The van der Waals surface area contributed by atoms with E-state index in [2.05, 4.69) is 15.0 Å². The zero-order valence-corrected chi connectivity index (χ0v) is 26.1. The number of anilines is 2. The molecule has 0 atom stereocenters. The van der Waals surface area contributed by atoms with Gasteiger partial charge in [-0.1, -0.05) is 48.5 Å². The first-order valence-electron chi connectivity index (χ1n) is 13.9. The molecule has 0 fully saturated rings. The van der Waals surface area contributed by atoms with Crippen molar-refractivity contribution in [2.75, 3.05) is 28.4 Å². The molecule has 1 heterocycles. The lowest BCUT2D eigenvalue weighted by atomic mass is 10.0. The fourth-order valence-electron chi connectivity index (χ4n) is 4.75. The molecule has 232 valence electrons. The topological polar surface area (TPSA) is 161 Å². The average Bonchev–Trinajstić information content (AvgIpc) is 3.34. The number of amides is 1. The highest BCUT2D eigenvalue weighted by atomic mass is 32.2. The quantitative estimate of drug-likeness (QED) is 0.152. The smallest absolute Gasteiger partial charge is 0.261 e. The SMILES string of the molecule is CCNC(=O)CN(c1ccc(N=C(c2ccccc2)c2c(O)[nH]c3ccc(S(=O)(=O)Nc4ccccc4)cc23)cc1)S(C)(=O)=O. The maximum Gasteiger partial charge on any atom is 0.261 e. The van der Waals surface area contributed by atoms with Crippen LogP contribution in [-0.4, -0.2) is 57.9 Å². The second-order valence-corrected chi connectivity index (χ2v) is 13.7. The molecule has 13 heteroatoms. The maximum atomic E-state index is 13.3. The number of benzene rings is 4. The van der Waals surface area contributed by atoms with Crippen LogP contribution in [0.3, 0.4) is 0 Å². The minimum Gasteiger partial charge on any atom is -0.494 e. The predicted octanol–water partition coefficient (Wildman–Crippen LogP) is 4.75. The maximum absolute atomic E-state index is 13.3. The average molecular weight is 646 g/mol. The number of nitrogens with one attached hydrogen (secondary N) is 3. The van der Waals surface area contributed by atoms with Gasteiger partial charge in [0.1, 0.15) is 6.54 Å². The zero-order chi connectivity index (χ0) is 32.2. The molecule has 4 aromatic carbocycles. The summed E-state index contributed by atoms with van der Waals surface area (Å²) in [6.45, 7) is 1.73. The van der Waals surface area contributed by atoms with Crippen molar-refractivity contribution >= 4 is 59.6 Å². The second kappa shape index (κ2) is 12.8. The molecule has 0 saturated heterocycles. The van der Waals surface area contributed by atoms with Gasteiger partial charge in [-0.25, -0.2) is 21.8 Å². The molecular weight excluding hydrogens is 615 g/mol. The normalized spacial score (nSPS) is 12.2. The van der Waals surface area contributed by atoms with E-state index in [4.69, 9.17) is 4.99 Å². The molecule has 0 aliphatic rings. The van der Waals surface area contributed by atoms with Gasteiger partial charge in [-0.2, -0.15) is 0 Å². The molecule has 5 aromatic rings. The van der Waals surface area contributed by atoms with Crippen molar-refractivity contribution < 1.29 is 26.7 Å². The Balaban J connectivity index is 1.59. The van der Waals surface area contributed by atoms with Gasteiger partial charge in [0.25, 0.3) is 10.0 Å². The molecule has 1 amide bonds. The summed E-state index contributed by atoms with van der Waals surface area (Å²) in [6, 6.07) is 28.3. The number of aliphatic imine (C=N–C) groups is 1. The van der Waals surface area contributed by atoms with Crippen LogP contribution in [0.15, 0.2) is 113 Å². The highest BCUT2D eigenvalue weighted by Gasteiger charge is 2.23. The number of likely N-dealkylation sites (N-methyl/N-ethyl adjacent to an activating group) is 1. The van der Waals surface area contributed by atoms with Gasteiger partial charge in [-0.05, 0) is 61.5 Å². The number of hydrogen-bond acceptors (Lipinski definition) is 7. The van der Waals surface area contributed by atoms with E-state index in [0.717, 1.165) is 10.6 Å². The summed E-state index contributed by atoms with van der Waals surface area (Å²) >= 11 is 0. The van der Waals surface area contributed by atoms with E-state index >= 15 is 0 Å². The monoisotopic (exact) mass is 645 g/mol. The fraction of sp³-hybridized carbons (Fsp3) is 0.125. The third-order valence-corrected chi connectivity index (χ3v) is 9.33. The Kier molecular flexibility index (Phi) is 8.93. The molecule has 0 aliphatic heterocycles. The number of carbonyl (C=O) groups excluding carboxylic acids is 1. The summed E-state index contributed by atoms with van der Waals surface area (Å²) in [4.78, 5) is 19.9. The molecule has 1 aromatic heterocycles. The first-order chi connectivity index (χ1) is 21.5. The van der Waals surface area contributed by atoms with Crippen molar-refractivity contribution in [2.45, 2.75) is 11.8 Å². The fourth-order valence-corrected chi connectivity index (χ4v) is 6.69. The van der Waals surface area contributed by atoms with Crippen LogP contribution in [0.4, 0.5) is 17.1 Å². The van der Waals surface area contributed by atoms with E-state index in [1.54, 1.807) is 67.6 Å². The number of aromatic amines is 1. The Morgan fingerprint density at radius 3 is 2.16 bits per heavy atom. The number of rotatable bonds is 11. The van der Waals surface area contributed by atoms with E-state index in [1.807, 2.05) is 18.2 Å². The van der Waals surface area contributed by atoms with Gasteiger partial charge in [0, 0.05) is 28.7 Å². The summed E-state index contributed by atoms with van der Waals surface area (Å²) in [7, 11) is -7.73. The van der Waals surface area contributed by atoms with E-state index in [0.29, 0.717) is 40.1 Å². The summed E-state index contributed by atoms with van der Waals surface area (Å²) in [5.74, 6) is -0.647. The van der Waals surface area contributed by atoms with E-state index < -0.39 is 26.0 Å². The molecule has 0 unspecified atom stereocenters. The molecule has 5 rings (SSSR count). The number of para-hydroxylation sites is 1. The van der Waals surface area contributed by atoms with Crippen LogP contribution in [0.2, 0.25) is 0 Å². The number of aromatic hydroxyl groups is 1. The van der Waals surface area contributed by atoms with Crippen LogP contribution >= 0.6 is 0 Å². The molecule has 0 spiro atoms. The van der Waals surface area contributed by atoms with Crippen molar-refractivity contribution in [1.82, 2.24) is 10.3 Å². The lowest BCUT2D eigenvalue weighted by Gasteiger charge is -2.21. The predicted molar refractivity (Wildman–Crippen MR) is 176 cm³/mol. The molecule has 0 radical (unpaired) electrons. The molecule has 45 heavy (non-hydrogen) atoms. The summed E-state index contributed by atoms with van der Waals surface area (Å²) in [5.41, 5.74) is 2.87. The second-order valence-electron chi connectivity index (χ2n) is 10.1. The van der Waals surface area contributed by atoms with Crippen molar-refractivity contribution in [3.8, 4) is 5.88 Å². The van der Waals surface area contributed by atoms with Gasteiger partial charge in [-0.15, -0.1) is 0 Å².